The number of aldehydes is 1. The number of carbonyl (C=O) groups excluding carboxylic acids is 1. The van der Waals surface area contributed by atoms with Crippen molar-refractivity contribution in [3.8, 4) is 0 Å². The molecule has 0 spiro atoms. The molecule has 1 aliphatic rings. The highest BCUT2D eigenvalue weighted by atomic mass is 16.1. The summed E-state index contributed by atoms with van der Waals surface area (Å²) in [6, 6.07) is 17.1. The summed E-state index contributed by atoms with van der Waals surface area (Å²) in [4.78, 5) is 13.8. The Kier molecular flexibility index (Phi) is 5.09. The third-order valence-corrected chi connectivity index (χ3v) is 4.64. The van der Waals surface area contributed by atoms with Gasteiger partial charge in [0.2, 0.25) is 0 Å². The Labute approximate surface area is 138 Å². The lowest BCUT2D eigenvalue weighted by atomic mass is 10.0. The van der Waals surface area contributed by atoms with Gasteiger partial charge in [-0.05, 0) is 37.0 Å². The molecule has 2 aromatic rings. The highest BCUT2D eigenvalue weighted by Crippen LogP contribution is 2.22. The number of nitrogens with one attached hydrogen (secondary N) is 1. The Morgan fingerprint density at radius 2 is 1.83 bits per heavy atom. The molecule has 0 unspecified atom stereocenters. The van der Waals surface area contributed by atoms with Gasteiger partial charge >= 0.3 is 0 Å². The molecule has 3 nitrogen and oxygen atoms in total. The van der Waals surface area contributed by atoms with E-state index in [1.807, 2.05) is 25.1 Å². The van der Waals surface area contributed by atoms with Gasteiger partial charge in [-0.3, -0.25) is 9.69 Å². The molecule has 1 fully saturated rings. The van der Waals surface area contributed by atoms with Gasteiger partial charge in [0.25, 0.3) is 0 Å². The molecule has 0 radical (unpaired) electrons. The smallest absolute Gasteiger partial charge is 0.152 e. The standard InChI is InChI=1S/C20H24N2O/c1-16-6-5-9-20(19(16)15-23)21-18-10-12-22(13-11-18)14-17-7-3-2-4-8-17/h2-9,15,18,21H,10-14H2,1H3. The molecule has 0 amide bonds. The first-order valence-electron chi connectivity index (χ1n) is 8.34. The number of hydrogen-bond donors (Lipinski definition) is 1. The summed E-state index contributed by atoms with van der Waals surface area (Å²) in [5.41, 5.74) is 4.17. The highest BCUT2D eigenvalue weighted by Gasteiger charge is 2.20. The molecule has 1 heterocycles. The van der Waals surface area contributed by atoms with Gasteiger partial charge in [-0.2, -0.15) is 0 Å². The molecule has 1 aliphatic heterocycles. The van der Waals surface area contributed by atoms with Crippen LogP contribution in [0.5, 0.6) is 0 Å². The number of hydrogen-bond acceptors (Lipinski definition) is 3. The van der Waals surface area contributed by atoms with Crippen molar-refractivity contribution < 1.29 is 4.79 Å². The molecule has 23 heavy (non-hydrogen) atoms. The van der Waals surface area contributed by atoms with Crippen LogP contribution in [0, 0.1) is 6.92 Å². The first kappa shape index (κ1) is 15.8. The number of rotatable bonds is 5. The van der Waals surface area contributed by atoms with Gasteiger partial charge in [0.05, 0.1) is 0 Å². The molecule has 3 heteroatoms. The second kappa shape index (κ2) is 7.42. The molecular weight excluding hydrogens is 284 g/mol. The molecule has 3 rings (SSSR count). The summed E-state index contributed by atoms with van der Waals surface area (Å²) >= 11 is 0. The lowest BCUT2D eigenvalue weighted by molar-refractivity contribution is 0.112. The summed E-state index contributed by atoms with van der Waals surface area (Å²) in [6.07, 6.45) is 3.18. The summed E-state index contributed by atoms with van der Waals surface area (Å²) in [7, 11) is 0. The first-order valence-corrected chi connectivity index (χ1v) is 8.34. The molecule has 0 aliphatic carbocycles. The molecule has 1 saturated heterocycles. The fraction of sp³-hybridized carbons (Fsp3) is 0.350. The van der Waals surface area contributed by atoms with E-state index in [4.69, 9.17) is 0 Å². The topological polar surface area (TPSA) is 32.3 Å². The average Bonchev–Trinajstić information content (AvgIpc) is 2.58. The fourth-order valence-corrected chi connectivity index (χ4v) is 3.26. The maximum atomic E-state index is 11.3. The normalized spacial score (nSPS) is 16.2. The number of anilines is 1. The minimum atomic E-state index is 0.447. The van der Waals surface area contributed by atoms with Crippen LogP contribution in [0.1, 0.15) is 34.3 Å². The highest BCUT2D eigenvalue weighted by molar-refractivity contribution is 5.86. The van der Waals surface area contributed by atoms with Gasteiger partial charge in [0.1, 0.15) is 0 Å². The number of aryl methyl sites for hydroxylation is 1. The summed E-state index contributed by atoms with van der Waals surface area (Å²) in [5, 5.41) is 3.57. The van der Waals surface area contributed by atoms with E-state index in [0.29, 0.717) is 6.04 Å². The van der Waals surface area contributed by atoms with Crippen molar-refractivity contribution in [3.63, 3.8) is 0 Å². The molecule has 2 aromatic carbocycles. The van der Waals surface area contributed by atoms with E-state index in [1.165, 1.54) is 5.56 Å². The fourth-order valence-electron chi connectivity index (χ4n) is 3.26. The van der Waals surface area contributed by atoms with Crippen LogP contribution in [-0.2, 0) is 6.54 Å². The van der Waals surface area contributed by atoms with Crippen molar-refractivity contribution in [1.29, 1.82) is 0 Å². The molecule has 0 saturated carbocycles. The van der Waals surface area contributed by atoms with Crippen molar-refractivity contribution in [2.75, 3.05) is 18.4 Å². The predicted octanol–water partition coefficient (Wildman–Crippen LogP) is 3.88. The Hall–Kier alpha value is -2.13. The van der Waals surface area contributed by atoms with E-state index < -0.39 is 0 Å². The van der Waals surface area contributed by atoms with Crippen LogP contribution in [-0.4, -0.2) is 30.3 Å². The first-order chi connectivity index (χ1) is 11.3. The number of nitrogens with zero attached hydrogens (tertiary/aromatic N) is 1. The SMILES string of the molecule is Cc1cccc(NC2CCN(Cc3ccccc3)CC2)c1C=O. The molecule has 1 N–H and O–H groups in total. The van der Waals surface area contributed by atoms with Crippen LogP contribution < -0.4 is 5.32 Å². The van der Waals surface area contributed by atoms with Crippen LogP contribution >= 0.6 is 0 Å². The quantitative estimate of drug-likeness (QED) is 0.851. The van der Waals surface area contributed by atoms with E-state index >= 15 is 0 Å². The Bertz CT molecular complexity index is 646. The van der Waals surface area contributed by atoms with Crippen molar-refractivity contribution in [2.45, 2.75) is 32.4 Å². The van der Waals surface area contributed by atoms with Crippen LogP contribution in [0.3, 0.4) is 0 Å². The zero-order valence-corrected chi connectivity index (χ0v) is 13.7. The van der Waals surface area contributed by atoms with Crippen molar-refractivity contribution in [2.24, 2.45) is 0 Å². The molecular formula is C20H24N2O. The molecule has 120 valence electrons. The Morgan fingerprint density at radius 1 is 1.09 bits per heavy atom. The van der Waals surface area contributed by atoms with Gasteiger partial charge in [0, 0.05) is 36.9 Å². The summed E-state index contributed by atoms with van der Waals surface area (Å²) < 4.78 is 0. The molecule has 0 aromatic heterocycles. The van der Waals surface area contributed by atoms with E-state index in [0.717, 1.165) is 55.6 Å². The molecule has 0 atom stereocenters. The van der Waals surface area contributed by atoms with Crippen molar-refractivity contribution in [1.82, 2.24) is 4.90 Å². The van der Waals surface area contributed by atoms with Gasteiger partial charge in [-0.25, -0.2) is 0 Å². The predicted molar refractivity (Wildman–Crippen MR) is 94.9 cm³/mol. The second-order valence-electron chi connectivity index (χ2n) is 6.33. The number of carbonyl (C=O) groups is 1. The largest absolute Gasteiger partial charge is 0.382 e. The van der Waals surface area contributed by atoms with Gasteiger partial charge in [0.15, 0.2) is 6.29 Å². The van der Waals surface area contributed by atoms with E-state index in [-0.39, 0.29) is 0 Å². The second-order valence-corrected chi connectivity index (χ2v) is 6.33. The Balaban J connectivity index is 1.55. The Morgan fingerprint density at radius 3 is 2.52 bits per heavy atom. The van der Waals surface area contributed by atoms with Gasteiger partial charge < -0.3 is 5.32 Å². The monoisotopic (exact) mass is 308 g/mol. The van der Waals surface area contributed by atoms with Crippen LogP contribution in [0.15, 0.2) is 48.5 Å². The van der Waals surface area contributed by atoms with E-state index in [2.05, 4.69) is 40.5 Å². The maximum Gasteiger partial charge on any atom is 0.152 e. The van der Waals surface area contributed by atoms with Crippen LogP contribution in [0.25, 0.3) is 0 Å². The maximum absolute atomic E-state index is 11.3. The van der Waals surface area contributed by atoms with E-state index in [9.17, 15) is 4.79 Å². The van der Waals surface area contributed by atoms with Crippen molar-refractivity contribution in [3.05, 3.63) is 65.2 Å². The zero-order chi connectivity index (χ0) is 16.1. The van der Waals surface area contributed by atoms with E-state index in [1.54, 1.807) is 0 Å². The van der Waals surface area contributed by atoms with Crippen LogP contribution in [0.4, 0.5) is 5.69 Å². The summed E-state index contributed by atoms with van der Waals surface area (Å²) in [6.45, 7) is 5.19. The van der Waals surface area contributed by atoms with Gasteiger partial charge in [-0.1, -0.05) is 42.5 Å². The molecule has 0 bridgehead atoms. The average molecular weight is 308 g/mol. The third kappa shape index (κ3) is 3.99. The zero-order valence-electron chi connectivity index (χ0n) is 13.7. The van der Waals surface area contributed by atoms with Gasteiger partial charge in [-0.15, -0.1) is 0 Å². The lowest BCUT2D eigenvalue weighted by Gasteiger charge is -2.33. The van der Waals surface area contributed by atoms with Crippen molar-refractivity contribution >= 4 is 12.0 Å². The lowest BCUT2D eigenvalue weighted by Crippen LogP contribution is -2.38. The summed E-state index contributed by atoms with van der Waals surface area (Å²) in [5.74, 6) is 0. The van der Waals surface area contributed by atoms with Crippen LogP contribution in [0.2, 0.25) is 0 Å². The minimum absolute atomic E-state index is 0.447. The number of piperidine rings is 1. The third-order valence-electron chi connectivity index (χ3n) is 4.64. The minimum Gasteiger partial charge on any atom is -0.382 e. The number of likely N-dealkylation sites (tertiary alicyclic amines) is 1. The number of benzene rings is 2.